The van der Waals surface area contributed by atoms with Gasteiger partial charge in [-0.15, -0.1) is 0 Å². The van der Waals surface area contributed by atoms with Gasteiger partial charge in [0.1, 0.15) is 11.9 Å². The maximum atomic E-state index is 13.6. The van der Waals surface area contributed by atoms with Crippen LogP contribution in [0.2, 0.25) is 0 Å². The van der Waals surface area contributed by atoms with Crippen molar-refractivity contribution in [3.63, 3.8) is 0 Å². The molecule has 6 nitrogen and oxygen atoms in total. The molecule has 2 N–H and O–H groups in total. The van der Waals surface area contributed by atoms with Crippen molar-refractivity contribution in [2.24, 2.45) is 0 Å². The molecule has 0 spiro atoms. The van der Waals surface area contributed by atoms with Crippen LogP contribution in [-0.2, 0) is 14.3 Å². The van der Waals surface area contributed by atoms with Gasteiger partial charge in [-0.3, -0.25) is 9.59 Å². The zero-order valence-electron chi connectivity index (χ0n) is 12.8. The smallest absolute Gasteiger partial charge is 0.341 e. The quantitative estimate of drug-likeness (QED) is 0.697. The minimum absolute atomic E-state index is 0.269. The molecule has 0 aliphatic rings. The van der Waals surface area contributed by atoms with E-state index in [-0.39, 0.29) is 11.5 Å². The number of hydrogen-bond donors (Lipinski definition) is 2. The third kappa shape index (κ3) is 6.35. The highest BCUT2D eigenvalue weighted by Crippen LogP contribution is 2.15. The Kier molecular flexibility index (Phi) is 7.67. The summed E-state index contributed by atoms with van der Waals surface area (Å²) in [6.45, 7) is 3.33. The Morgan fingerprint density at radius 3 is 2.65 bits per heavy atom. The summed E-state index contributed by atoms with van der Waals surface area (Å²) < 4.78 is 18.8. The maximum absolute atomic E-state index is 13.6. The van der Waals surface area contributed by atoms with Crippen molar-refractivity contribution in [1.82, 2.24) is 10.6 Å². The highest BCUT2D eigenvalue weighted by atomic mass is 79.9. The van der Waals surface area contributed by atoms with Crippen LogP contribution < -0.4 is 10.6 Å². The average molecular weight is 389 g/mol. The van der Waals surface area contributed by atoms with Gasteiger partial charge in [-0.05, 0) is 31.5 Å². The van der Waals surface area contributed by atoms with Crippen LogP contribution in [0.4, 0.5) is 4.39 Å². The molecule has 23 heavy (non-hydrogen) atoms. The Morgan fingerprint density at radius 2 is 2.04 bits per heavy atom. The molecule has 0 unspecified atom stereocenters. The molecule has 0 aliphatic heterocycles. The SMILES string of the molecule is CCCNC(=O)[C@H](C)NC(=O)COC(=O)c1ccc(Br)cc1F. The number of ether oxygens (including phenoxy) is 1. The lowest BCUT2D eigenvalue weighted by Gasteiger charge is -2.13. The third-order valence-corrected chi connectivity index (χ3v) is 3.30. The second kappa shape index (κ2) is 9.24. The molecule has 1 rings (SSSR count). The van der Waals surface area contributed by atoms with Gasteiger partial charge in [-0.25, -0.2) is 9.18 Å². The van der Waals surface area contributed by atoms with E-state index in [2.05, 4.69) is 26.6 Å². The van der Waals surface area contributed by atoms with Crippen molar-refractivity contribution in [1.29, 1.82) is 0 Å². The lowest BCUT2D eigenvalue weighted by molar-refractivity contribution is -0.130. The molecule has 0 heterocycles. The zero-order valence-corrected chi connectivity index (χ0v) is 14.4. The van der Waals surface area contributed by atoms with E-state index < -0.39 is 30.3 Å². The van der Waals surface area contributed by atoms with Gasteiger partial charge in [0.25, 0.3) is 5.91 Å². The summed E-state index contributed by atoms with van der Waals surface area (Å²) in [5.74, 6) is -2.68. The summed E-state index contributed by atoms with van der Waals surface area (Å²) >= 11 is 3.07. The molecule has 0 aromatic heterocycles. The summed E-state index contributed by atoms with van der Waals surface area (Å²) in [7, 11) is 0. The lowest BCUT2D eigenvalue weighted by atomic mass is 10.2. The Hall–Kier alpha value is -1.96. The molecule has 8 heteroatoms. The number of halogens is 2. The Morgan fingerprint density at radius 1 is 1.35 bits per heavy atom. The predicted molar refractivity (Wildman–Crippen MR) is 85.3 cm³/mol. The minimum atomic E-state index is -0.951. The van der Waals surface area contributed by atoms with Gasteiger partial charge >= 0.3 is 5.97 Å². The molecule has 1 aromatic carbocycles. The Bertz CT molecular complexity index is 595. The highest BCUT2D eigenvalue weighted by molar-refractivity contribution is 9.10. The van der Waals surface area contributed by atoms with Gasteiger partial charge in [0.15, 0.2) is 6.61 Å². The van der Waals surface area contributed by atoms with E-state index in [0.717, 1.165) is 12.5 Å². The van der Waals surface area contributed by atoms with Crippen LogP contribution in [0.3, 0.4) is 0 Å². The van der Waals surface area contributed by atoms with Crippen LogP contribution in [0.15, 0.2) is 22.7 Å². The predicted octanol–water partition coefficient (Wildman–Crippen LogP) is 1.78. The molecule has 1 atom stereocenters. The summed E-state index contributed by atoms with van der Waals surface area (Å²) in [6, 6.07) is 3.11. The number of nitrogens with one attached hydrogen (secondary N) is 2. The van der Waals surface area contributed by atoms with Crippen molar-refractivity contribution >= 4 is 33.7 Å². The van der Waals surface area contributed by atoms with Gasteiger partial charge in [0, 0.05) is 11.0 Å². The van der Waals surface area contributed by atoms with Crippen molar-refractivity contribution in [3.8, 4) is 0 Å². The zero-order chi connectivity index (χ0) is 17.4. The van der Waals surface area contributed by atoms with Gasteiger partial charge in [0.05, 0.1) is 5.56 Å². The molecular weight excluding hydrogens is 371 g/mol. The topological polar surface area (TPSA) is 84.5 Å². The normalized spacial score (nSPS) is 11.5. The number of benzene rings is 1. The first-order valence-electron chi connectivity index (χ1n) is 7.04. The second-order valence-electron chi connectivity index (χ2n) is 4.78. The van der Waals surface area contributed by atoms with Crippen LogP contribution in [0.25, 0.3) is 0 Å². The average Bonchev–Trinajstić information content (AvgIpc) is 2.50. The second-order valence-corrected chi connectivity index (χ2v) is 5.70. The van der Waals surface area contributed by atoms with Crippen LogP contribution in [0.5, 0.6) is 0 Å². The fraction of sp³-hybridized carbons (Fsp3) is 0.400. The van der Waals surface area contributed by atoms with E-state index in [1.807, 2.05) is 6.92 Å². The molecule has 2 amide bonds. The van der Waals surface area contributed by atoms with E-state index in [4.69, 9.17) is 4.74 Å². The van der Waals surface area contributed by atoms with E-state index in [1.165, 1.54) is 19.1 Å². The summed E-state index contributed by atoms with van der Waals surface area (Å²) in [5.41, 5.74) is -0.269. The number of rotatable bonds is 7. The fourth-order valence-corrected chi connectivity index (χ4v) is 1.95. The van der Waals surface area contributed by atoms with Crippen molar-refractivity contribution in [3.05, 3.63) is 34.1 Å². The van der Waals surface area contributed by atoms with Crippen LogP contribution in [0.1, 0.15) is 30.6 Å². The molecule has 1 aromatic rings. The number of carbonyl (C=O) groups is 3. The molecule has 126 valence electrons. The molecule has 0 fully saturated rings. The fourth-order valence-electron chi connectivity index (χ4n) is 1.61. The number of amides is 2. The molecular formula is C15H18BrFN2O4. The van der Waals surface area contributed by atoms with Gasteiger partial charge in [-0.1, -0.05) is 22.9 Å². The van der Waals surface area contributed by atoms with Crippen molar-refractivity contribution in [2.75, 3.05) is 13.2 Å². The maximum Gasteiger partial charge on any atom is 0.341 e. The first-order valence-corrected chi connectivity index (χ1v) is 7.83. The van der Waals surface area contributed by atoms with E-state index in [9.17, 15) is 18.8 Å². The molecule has 0 radical (unpaired) electrons. The summed E-state index contributed by atoms with van der Waals surface area (Å²) in [4.78, 5) is 34.9. The minimum Gasteiger partial charge on any atom is -0.452 e. The van der Waals surface area contributed by atoms with Crippen molar-refractivity contribution < 1.29 is 23.5 Å². The first-order chi connectivity index (χ1) is 10.8. The summed E-state index contributed by atoms with van der Waals surface area (Å²) in [6.07, 6.45) is 0.781. The van der Waals surface area contributed by atoms with Crippen LogP contribution in [0, 0.1) is 5.82 Å². The number of carbonyl (C=O) groups excluding carboxylic acids is 3. The standard InChI is InChI=1S/C15H18BrFN2O4/c1-3-6-18-14(21)9(2)19-13(20)8-23-15(22)11-5-4-10(16)7-12(11)17/h4-5,7,9H,3,6,8H2,1-2H3,(H,18,21)(H,19,20)/t9-/m0/s1. The van der Waals surface area contributed by atoms with Gasteiger partial charge < -0.3 is 15.4 Å². The van der Waals surface area contributed by atoms with E-state index in [1.54, 1.807) is 0 Å². The number of esters is 1. The first kappa shape index (κ1) is 19.1. The van der Waals surface area contributed by atoms with Crippen molar-refractivity contribution in [2.45, 2.75) is 26.3 Å². The number of hydrogen-bond acceptors (Lipinski definition) is 4. The summed E-state index contributed by atoms with van der Waals surface area (Å²) in [5, 5.41) is 5.02. The molecule has 0 saturated carbocycles. The Balaban J connectivity index is 2.46. The molecule has 0 bridgehead atoms. The van der Waals surface area contributed by atoms with Crippen LogP contribution in [-0.4, -0.2) is 37.0 Å². The third-order valence-electron chi connectivity index (χ3n) is 2.81. The van der Waals surface area contributed by atoms with E-state index in [0.29, 0.717) is 11.0 Å². The van der Waals surface area contributed by atoms with Gasteiger partial charge in [0.2, 0.25) is 5.91 Å². The monoisotopic (exact) mass is 388 g/mol. The highest BCUT2D eigenvalue weighted by Gasteiger charge is 2.18. The van der Waals surface area contributed by atoms with E-state index >= 15 is 0 Å². The van der Waals surface area contributed by atoms with Crippen LogP contribution >= 0.6 is 15.9 Å². The Labute approximate surface area is 141 Å². The molecule has 0 aliphatic carbocycles. The van der Waals surface area contributed by atoms with Gasteiger partial charge in [-0.2, -0.15) is 0 Å². The largest absolute Gasteiger partial charge is 0.452 e. The molecule has 0 saturated heterocycles. The lowest BCUT2D eigenvalue weighted by Crippen LogP contribution is -2.46.